The van der Waals surface area contributed by atoms with Crippen LogP contribution in [0.2, 0.25) is 0 Å². The fourth-order valence-electron chi connectivity index (χ4n) is 1.80. The van der Waals surface area contributed by atoms with Gasteiger partial charge in [-0.1, -0.05) is 6.92 Å². The van der Waals surface area contributed by atoms with E-state index in [0.29, 0.717) is 12.5 Å². The summed E-state index contributed by atoms with van der Waals surface area (Å²) >= 11 is 0. The minimum Gasteiger partial charge on any atom is -0.368 e. The molecule has 0 aliphatic heterocycles. The van der Waals surface area contributed by atoms with E-state index in [9.17, 15) is 4.79 Å². The van der Waals surface area contributed by atoms with Gasteiger partial charge in [-0.2, -0.15) is 5.10 Å². The summed E-state index contributed by atoms with van der Waals surface area (Å²) in [4.78, 5) is 11.2. The number of carbonyl (C=O) groups excluding carboxylic acids is 1. The zero-order valence-corrected chi connectivity index (χ0v) is 9.52. The van der Waals surface area contributed by atoms with E-state index >= 15 is 0 Å². The van der Waals surface area contributed by atoms with Crippen molar-refractivity contribution in [1.82, 2.24) is 15.1 Å². The lowest BCUT2D eigenvalue weighted by Gasteiger charge is -2.13. The largest absolute Gasteiger partial charge is 0.368 e. The van der Waals surface area contributed by atoms with Gasteiger partial charge in [0, 0.05) is 6.20 Å². The van der Waals surface area contributed by atoms with E-state index in [4.69, 9.17) is 5.73 Å². The molecule has 1 heterocycles. The average molecular weight is 222 g/mol. The Kier molecular flexibility index (Phi) is 3.24. The van der Waals surface area contributed by atoms with Crippen molar-refractivity contribution in [2.45, 2.75) is 38.3 Å². The SMILES string of the molecule is CCNC(Cn1cc(C2CC2)cn1)C(N)=O. The molecule has 5 heteroatoms. The van der Waals surface area contributed by atoms with E-state index in [2.05, 4.69) is 10.4 Å². The van der Waals surface area contributed by atoms with E-state index in [1.807, 2.05) is 19.3 Å². The zero-order valence-electron chi connectivity index (χ0n) is 9.52. The summed E-state index contributed by atoms with van der Waals surface area (Å²) in [7, 11) is 0. The number of aromatic nitrogens is 2. The van der Waals surface area contributed by atoms with Crippen LogP contribution >= 0.6 is 0 Å². The number of amides is 1. The van der Waals surface area contributed by atoms with Crippen molar-refractivity contribution in [3.63, 3.8) is 0 Å². The molecule has 0 radical (unpaired) electrons. The van der Waals surface area contributed by atoms with Gasteiger partial charge in [-0.05, 0) is 30.9 Å². The highest BCUT2D eigenvalue weighted by molar-refractivity contribution is 5.79. The Morgan fingerprint density at radius 3 is 3.06 bits per heavy atom. The highest BCUT2D eigenvalue weighted by Crippen LogP contribution is 2.39. The van der Waals surface area contributed by atoms with Gasteiger partial charge in [0.1, 0.15) is 6.04 Å². The van der Waals surface area contributed by atoms with Gasteiger partial charge < -0.3 is 11.1 Å². The van der Waals surface area contributed by atoms with Crippen molar-refractivity contribution in [2.75, 3.05) is 6.54 Å². The highest BCUT2D eigenvalue weighted by atomic mass is 16.1. The summed E-state index contributed by atoms with van der Waals surface area (Å²) in [6.45, 7) is 3.19. The molecular formula is C11H18N4O. The summed E-state index contributed by atoms with van der Waals surface area (Å²) in [5.41, 5.74) is 6.58. The number of carbonyl (C=O) groups is 1. The van der Waals surface area contributed by atoms with Gasteiger partial charge in [0.25, 0.3) is 0 Å². The molecule has 0 spiro atoms. The van der Waals surface area contributed by atoms with Crippen LogP contribution in [0.1, 0.15) is 31.2 Å². The fraction of sp³-hybridized carbons (Fsp3) is 0.636. The third kappa shape index (κ3) is 2.61. The second-order valence-corrected chi connectivity index (χ2v) is 4.28. The lowest BCUT2D eigenvalue weighted by atomic mass is 10.2. The molecular weight excluding hydrogens is 204 g/mol. The van der Waals surface area contributed by atoms with Gasteiger partial charge >= 0.3 is 0 Å². The maximum atomic E-state index is 11.2. The standard InChI is InChI=1S/C11H18N4O/c1-2-13-10(11(12)16)7-15-6-9(5-14-15)8-3-4-8/h5-6,8,10,13H,2-4,7H2,1H3,(H2,12,16). The van der Waals surface area contributed by atoms with Crippen LogP contribution in [0.4, 0.5) is 0 Å². The molecule has 3 N–H and O–H groups in total. The highest BCUT2D eigenvalue weighted by Gasteiger charge is 2.25. The van der Waals surface area contributed by atoms with Gasteiger partial charge in [-0.25, -0.2) is 0 Å². The molecule has 1 fully saturated rings. The van der Waals surface area contributed by atoms with Gasteiger partial charge in [0.15, 0.2) is 0 Å². The molecule has 0 saturated heterocycles. The van der Waals surface area contributed by atoms with E-state index in [-0.39, 0.29) is 11.9 Å². The normalized spacial score (nSPS) is 17.3. The van der Waals surface area contributed by atoms with Gasteiger partial charge in [-0.3, -0.25) is 9.48 Å². The maximum Gasteiger partial charge on any atom is 0.236 e. The summed E-state index contributed by atoms with van der Waals surface area (Å²) in [6.07, 6.45) is 6.43. The van der Waals surface area contributed by atoms with Crippen LogP contribution in [-0.4, -0.2) is 28.3 Å². The Morgan fingerprint density at radius 1 is 1.75 bits per heavy atom. The molecule has 1 amide bonds. The summed E-state index contributed by atoms with van der Waals surface area (Å²) in [5, 5.41) is 7.30. The summed E-state index contributed by atoms with van der Waals surface area (Å²) in [5.74, 6) is 0.366. The minimum atomic E-state index is -0.336. The smallest absolute Gasteiger partial charge is 0.236 e. The molecule has 16 heavy (non-hydrogen) atoms. The van der Waals surface area contributed by atoms with Crippen molar-refractivity contribution in [3.05, 3.63) is 18.0 Å². The minimum absolute atomic E-state index is 0.328. The third-order valence-corrected chi connectivity index (χ3v) is 2.87. The van der Waals surface area contributed by atoms with Crippen LogP contribution in [0.5, 0.6) is 0 Å². The van der Waals surface area contributed by atoms with Crippen molar-refractivity contribution >= 4 is 5.91 Å². The summed E-state index contributed by atoms with van der Waals surface area (Å²) in [6, 6.07) is -0.336. The van der Waals surface area contributed by atoms with E-state index in [0.717, 1.165) is 6.54 Å². The quantitative estimate of drug-likeness (QED) is 0.723. The lowest BCUT2D eigenvalue weighted by Crippen LogP contribution is -2.44. The Labute approximate surface area is 95.0 Å². The van der Waals surface area contributed by atoms with E-state index in [1.165, 1.54) is 18.4 Å². The van der Waals surface area contributed by atoms with Crippen LogP contribution in [0.15, 0.2) is 12.4 Å². The van der Waals surface area contributed by atoms with Crippen LogP contribution in [0, 0.1) is 0 Å². The van der Waals surface area contributed by atoms with Crippen molar-refractivity contribution in [2.24, 2.45) is 5.73 Å². The van der Waals surface area contributed by atoms with Crippen LogP contribution in [0.25, 0.3) is 0 Å². The first-order chi connectivity index (χ1) is 7.70. The predicted octanol–water partition coefficient (Wildman–Crippen LogP) is 0.224. The first kappa shape index (κ1) is 11.1. The molecule has 1 aromatic rings. The Balaban J connectivity index is 1.97. The molecule has 1 aliphatic carbocycles. The number of nitrogens with two attached hydrogens (primary N) is 1. The number of hydrogen-bond donors (Lipinski definition) is 2. The topological polar surface area (TPSA) is 72.9 Å². The number of likely N-dealkylation sites (N-methyl/N-ethyl adjacent to an activating group) is 1. The number of nitrogens with zero attached hydrogens (tertiary/aromatic N) is 2. The molecule has 1 aliphatic rings. The Morgan fingerprint density at radius 2 is 2.50 bits per heavy atom. The van der Waals surface area contributed by atoms with Crippen LogP contribution < -0.4 is 11.1 Å². The summed E-state index contributed by atoms with van der Waals surface area (Å²) < 4.78 is 1.80. The monoisotopic (exact) mass is 222 g/mol. The number of nitrogens with one attached hydrogen (secondary N) is 1. The first-order valence-corrected chi connectivity index (χ1v) is 5.75. The number of hydrogen-bond acceptors (Lipinski definition) is 3. The number of rotatable bonds is 6. The second kappa shape index (κ2) is 4.65. The number of primary amides is 1. The molecule has 5 nitrogen and oxygen atoms in total. The molecule has 1 saturated carbocycles. The predicted molar refractivity (Wildman–Crippen MR) is 60.9 cm³/mol. The molecule has 0 aromatic carbocycles. The van der Waals surface area contributed by atoms with Crippen LogP contribution in [0.3, 0.4) is 0 Å². The Hall–Kier alpha value is -1.36. The van der Waals surface area contributed by atoms with Crippen molar-refractivity contribution in [1.29, 1.82) is 0 Å². The Bertz CT molecular complexity index is 370. The van der Waals surface area contributed by atoms with Gasteiger partial charge in [0.2, 0.25) is 5.91 Å². The van der Waals surface area contributed by atoms with E-state index < -0.39 is 0 Å². The lowest BCUT2D eigenvalue weighted by molar-refractivity contribution is -0.120. The molecule has 88 valence electrons. The zero-order chi connectivity index (χ0) is 11.5. The second-order valence-electron chi connectivity index (χ2n) is 4.28. The van der Waals surface area contributed by atoms with E-state index in [1.54, 1.807) is 4.68 Å². The average Bonchev–Trinajstić information content (AvgIpc) is 2.99. The molecule has 0 bridgehead atoms. The van der Waals surface area contributed by atoms with Gasteiger partial charge in [-0.15, -0.1) is 0 Å². The first-order valence-electron chi connectivity index (χ1n) is 5.75. The van der Waals surface area contributed by atoms with Gasteiger partial charge in [0.05, 0.1) is 12.7 Å². The van der Waals surface area contributed by atoms with Crippen molar-refractivity contribution < 1.29 is 4.79 Å². The molecule has 1 aromatic heterocycles. The van der Waals surface area contributed by atoms with Crippen LogP contribution in [-0.2, 0) is 11.3 Å². The molecule has 1 unspecified atom stereocenters. The van der Waals surface area contributed by atoms with Crippen molar-refractivity contribution in [3.8, 4) is 0 Å². The fourth-order valence-corrected chi connectivity index (χ4v) is 1.80. The third-order valence-electron chi connectivity index (χ3n) is 2.87. The molecule has 2 rings (SSSR count). The maximum absolute atomic E-state index is 11.2. The molecule has 1 atom stereocenters.